The number of aryl methyl sites for hydroxylation is 2. The van der Waals surface area contributed by atoms with E-state index >= 15 is 0 Å². The highest BCUT2D eigenvalue weighted by atomic mass is 32.1. The zero-order valence-electron chi connectivity index (χ0n) is 12.1. The SMILES string of the molecule is CCCNC(C)c1sc(-c2ccc(CC)o2)nc1C. The molecule has 0 saturated carbocycles. The van der Waals surface area contributed by atoms with Crippen LogP contribution in [0, 0.1) is 6.92 Å². The molecule has 0 bridgehead atoms. The molecule has 0 aromatic carbocycles. The van der Waals surface area contributed by atoms with E-state index in [1.165, 1.54) is 4.88 Å². The number of rotatable bonds is 6. The number of nitrogens with zero attached hydrogens (tertiary/aromatic N) is 1. The maximum atomic E-state index is 5.78. The lowest BCUT2D eigenvalue weighted by molar-refractivity contribution is 0.529. The van der Waals surface area contributed by atoms with E-state index in [4.69, 9.17) is 4.42 Å². The van der Waals surface area contributed by atoms with Crippen LogP contribution in [0.3, 0.4) is 0 Å². The lowest BCUT2D eigenvalue weighted by Crippen LogP contribution is -2.18. The van der Waals surface area contributed by atoms with Gasteiger partial charge in [-0.3, -0.25) is 0 Å². The van der Waals surface area contributed by atoms with Gasteiger partial charge in [-0.25, -0.2) is 4.98 Å². The molecular formula is C15H22N2OS. The minimum atomic E-state index is 0.354. The quantitative estimate of drug-likeness (QED) is 0.854. The minimum absolute atomic E-state index is 0.354. The molecule has 0 saturated heterocycles. The van der Waals surface area contributed by atoms with Crippen LogP contribution in [0.15, 0.2) is 16.5 Å². The first-order valence-corrected chi connectivity index (χ1v) is 7.77. The van der Waals surface area contributed by atoms with E-state index < -0.39 is 0 Å². The summed E-state index contributed by atoms with van der Waals surface area (Å²) in [6.07, 6.45) is 2.07. The fourth-order valence-electron chi connectivity index (χ4n) is 2.05. The Hall–Kier alpha value is -1.13. The number of aromatic nitrogens is 1. The molecule has 0 aliphatic rings. The maximum absolute atomic E-state index is 5.78. The van der Waals surface area contributed by atoms with Crippen molar-refractivity contribution in [1.82, 2.24) is 10.3 Å². The van der Waals surface area contributed by atoms with Crippen LogP contribution in [-0.4, -0.2) is 11.5 Å². The molecule has 0 spiro atoms. The third kappa shape index (κ3) is 3.25. The number of hydrogen-bond acceptors (Lipinski definition) is 4. The minimum Gasteiger partial charge on any atom is -0.459 e. The molecule has 19 heavy (non-hydrogen) atoms. The molecule has 0 radical (unpaired) electrons. The topological polar surface area (TPSA) is 38.1 Å². The summed E-state index contributed by atoms with van der Waals surface area (Å²) >= 11 is 1.73. The van der Waals surface area contributed by atoms with Crippen LogP contribution in [-0.2, 0) is 6.42 Å². The fourth-order valence-corrected chi connectivity index (χ4v) is 3.11. The predicted octanol–water partition coefficient (Wildman–Crippen LogP) is 4.33. The second kappa shape index (κ2) is 6.35. The standard InChI is InChI=1S/C15H22N2OS/c1-5-9-16-10(3)14-11(4)17-15(19-14)13-8-7-12(6-2)18-13/h7-8,10,16H,5-6,9H2,1-4H3. The van der Waals surface area contributed by atoms with Gasteiger partial charge in [0.1, 0.15) is 5.76 Å². The Morgan fingerprint density at radius 3 is 2.79 bits per heavy atom. The van der Waals surface area contributed by atoms with E-state index in [1.807, 2.05) is 12.1 Å². The van der Waals surface area contributed by atoms with Crippen molar-refractivity contribution in [3.8, 4) is 10.8 Å². The van der Waals surface area contributed by atoms with Crippen molar-refractivity contribution in [3.63, 3.8) is 0 Å². The van der Waals surface area contributed by atoms with Gasteiger partial charge in [0.25, 0.3) is 0 Å². The molecule has 2 rings (SSSR count). The van der Waals surface area contributed by atoms with Crippen molar-refractivity contribution in [2.45, 2.75) is 46.6 Å². The Labute approximate surface area is 119 Å². The molecule has 1 unspecified atom stereocenters. The molecule has 4 heteroatoms. The van der Waals surface area contributed by atoms with Gasteiger partial charge in [-0.1, -0.05) is 13.8 Å². The average molecular weight is 278 g/mol. The highest BCUT2D eigenvalue weighted by Crippen LogP contribution is 2.32. The van der Waals surface area contributed by atoms with Crippen molar-refractivity contribution in [2.24, 2.45) is 0 Å². The number of furan rings is 1. The van der Waals surface area contributed by atoms with Gasteiger partial charge < -0.3 is 9.73 Å². The van der Waals surface area contributed by atoms with Gasteiger partial charge in [0.05, 0.1) is 5.69 Å². The summed E-state index contributed by atoms with van der Waals surface area (Å²) in [6.45, 7) is 9.58. The number of nitrogens with one attached hydrogen (secondary N) is 1. The van der Waals surface area contributed by atoms with Gasteiger partial charge in [0, 0.05) is 17.3 Å². The summed E-state index contributed by atoms with van der Waals surface area (Å²) in [5, 5.41) is 4.49. The van der Waals surface area contributed by atoms with Crippen molar-refractivity contribution in [3.05, 3.63) is 28.5 Å². The summed E-state index contributed by atoms with van der Waals surface area (Å²) in [5.41, 5.74) is 1.10. The van der Waals surface area contributed by atoms with E-state index in [0.29, 0.717) is 6.04 Å². The van der Waals surface area contributed by atoms with Gasteiger partial charge in [-0.05, 0) is 38.9 Å². The average Bonchev–Trinajstić information content (AvgIpc) is 3.02. The Morgan fingerprint density at radius 2 is 2.16 bits per heavy atom. The van der Waals surface area contributed by atoms with E-state index in [0.717, 1.165) is 41.6 Å². The van der Waals surface area contributed by atoms with E-state index in [-0.39, 0.29) is 0 Å². The second-order valence-electron chi connectivity index (χ2n) is 4.76. The van der Waals surface area contributed by atoms with Crippen LogP contribution >= 0.6 is 11.3 Å². The van der Waals surface area contributed by atoms with E-state index in [9.17, 15) is 0 Å². The molecule has 2 aromatic heterocycles. The van der Waals surface area contributed by atoms with Crippen LogP contribution in [0.5, 0.6) is 0 Å². The first-order valence-electron chi connectivity index (χ1n) is 6.95. The molecule has 1 atom stereocenters. The van der Waals surface area contributed by atoms with Crippen LogP contribution in [0.25, 0.3) is 10.8 Å². The first-order chi connectivity index (χ1) is 9.15. The Balaban J connectivity index is 2.20. The predicted molar refractivity (Wildman–Crippen MR) is 80.6 cm³/mol. The lowest BCUT2D eigenvalue weighted by Gasteiger charge is -2.11. The highest BCUT2D eigenvalue weighted by Gasteiger charge is 2.16. The van der Waals surface area contributed by atoms with Gasteiger partial charge in [0.2, 0.25) is 0 Å². The molecule has 104 valence electrons. The van der Waals surface area contributed by atoms with Gasteiger partial charge >= 0.3 is 0 Å². The van der Waals surface area contributed by atoms with Crippen molar-refractivity contribution >= 4 is 11.3 Å². The third-order valence-electron chi connectivity index (χ3n) is 3.15. The molecule has 0 fully saturated rings. The summed E-state index contributed by atoms with van der Waals surface area (Å²) in [6, 6.07) is 4.40. The molecule has 2 aromatic rings. The molecule has 2 heterocycles. The van der Waals surface area contributed by atoms with Gasteiger partial charge in [-0.15, -0.1) is 11.3 Å². The van der Waals surface area contributed by atoms with Gasteiger partial charge in [-0.2, -0.15) is 0 Å². The van der Waals surface area contributed by atoms with Gasteiger partial charge in [0.15, 0.2) is 10.8 Å². The molecule has 0 aliphatic carbocycles. The summed E-state index contributed by atoms with van der Waals surface area (Å²) < 4.78 is 5.78. The first kappa shape index (κ1) is 14.3. The lowest BCUT2D eigenvalue weighted by atomic mass is 10.2. The zero-order valence-corrected chi connectivity index (χ0v) is 12.9. The zero-order chi connectivity index (χ0) is 13.8. The maximum Gasteiger partial charge on any atom is 0.162 e. The van der Waals surface area contributed by atoms with Crippen molar-refractivity contribution in [2.75, 3.05) is 6.54 Å². The normalized spacial score (nSPS) is 12.8. The van der Waals surface area contributed by atoms with Crippen molar-refractivity contribution < 1.29 is 4.42 Å². The monoisotopic (exact) mass is 278 g/mol. The fraction of sp³-hybridized carbons (Fsp3) is 0.533. The van der Waals surface area contributed by atoms with Crippen molar-refractivity contribution in [1.29, 1.82) is 0 Å². The van der Waals surface area contributed by atoms with Crippen LogP contribution in [0.1, 0.15) is 49.6 Å². The third-order valence-corrected chi connectivity index (χ3v) is 4.50. The Kier molecular flexibility index (Phi) is 4.77. The number of hydrogen-bond donors (Lipinski definition) is 1. The molecule has 3 nitrogen and oxygen atoms in total. The largest absolute Gasteiger partial charge is 0.459 e. The van der Waals surface area contributed by atoms with Crippen LogP contribution in [0.2, 0.25) is 0 Å². The van der Waals surface area contributed by atoms with E-state index in [2.05, 4.69) is 38.0 Å². The summed E-state index contributed by atoms with van der Waals surface area (Å²) in [4.78, 5) is 5.95. The van der Waals surface area contributed by atoms with Crippen LogP contribution < -0.4 is 5.32 Å². The second-order valence-corrected chi connectivity index (χ2v) is 5.79. The summed E-state index contributed by atoms with van der Waals surface area (Å²) in [7, 11) is 0. The summed E-state index contributed by atoms with van der Waals surface area (Å²) in [5.74, 6) is 1.90. The smallest absolute Gasteiger partial charge is 0.162 e. The molecule has 0 amide bonds. The Bertz CT molecular complexity index is 530. The number of thiazole rings is 1. The molecule has 0 aliphatic heterocycles. The Morgan fingerprint density at radius 1 is 1.37 bits per heavy atom. The molecule has 1 N–H and O–H groups in total. The van der Waals surface area contributed by atoms with Crippen LogP contribution in [0.4, 0.5) is 0 Å². The molecular weight excluding hydrogens is 256 g/mol. The van der Waals surface area contributed by atoms with E-state index in [1.54, 1.807) is 11.3 Å². The highest BCUT2D eigenvalue weighted by molar-refractivity contribution is 7.15.